The molecule has 29 heavy (non-hydrogen) atoms. The van der Waals surface area contributed by atoms with E-state index >= 15 is 0 Å². The molecule has 6 heteroatoms. The summed E-state index contributed by atoms with van der Waals surface area (Å²) in [6, 6.07) is 13.4. The third-order valence-corrected chi connectivity index (χ3v) is 5.38. The van der Waals surface area contributed by atoms with Crippen molar-refractivity contribution in [3.8, 4) is 5.75 Å². The van der Waals surface area contributed by atoms with Crippen LogP contribution in [-0.2, 0) is 6.54 Å². The summed E-state index contributed by atoms with van der Waals surface area (Å²) in [5, 5.41) is 11.5. The van der Waals surface area contributed by atoms with Crippen LogP contribution in [0.1, 0.15) is 48.0 Å². The van der Waals surface area contributed by atoms with E-state index in [0.29, 0.717) is 18.7 Å². The Morgan fingerprint density at radius 1 is 1.17 bits per heavy atom. The van der Waals surface area contributed by atoms with Crippen molar-refractivity contribution in [3.05, 3.63) is 65.2 Å². The highest BCUT2D eigenvalue weighted by Crippen LogP contribution is 2.20. The summed E-state index contributed by atoms with van der Waals surface area (Å²) in [6.07, 6.45) is 8.15. The molecule has 1 N–H and O–H groups in total. The molecular formula is C23H26N4O2. The lowest BCUT2D eigenvalue weighted by molar-refractivity contribution is 0.0954. The highest BCUT2D eigenvalue weighted by Gasteiger charge is 2.11. The van der Waals surface area contributed by atoms with Crippen molar-refractivity contribution in [2.45, 2.75) is 38.6 Å². The van der Waals surface area contributed by atoms with Crippen LogP contribution in [0.4, 0.5) is 0 Å². The predicted octanol–water partition coefficient (Wildman–Crippen LogP) is 4.11. The van der Waals surface area contributed by atoms with Crippen LogP contribution < -0.4 is 10.1 Å². The molecule has 6 nitrogen and oxygen atoms in total. The Hall–Kier alpha value is -3.15. The molecule has 0 unspecified atom stereocenters. The first kappa shape index (κ1) is 19.2. The lowest BCUT2D eigenvalue weighted by atomic mass is 9.97. The van der Waals surface area contributed by atoms with E-state index in [0.717, 1.165) is 28.8 Å². The molecule has 150 valence electrons. The Morgan fingerprint density at radius 2 is 2.03 bits per heavy atom. The van der Waals surface area contributed by atoms with Gasteiger partial charge in [-0.3, -0.25) is 4.79 Å². The van der Waals surface area contributed by atoms with Gasteiger partial charge in [-0.1, -0.05) is 29.0 Å². The Balaban J connectivity index is 1.40. The molecule has 1 aromatic heterocycles. The Labute approximate surface area is 170 Å². The molecule has 0 spiro atoms. The van der Waals surface area contributed by atoms with Crippen molar-refractivity contribution in [1.82, 2.24) is 20.3 Å². The van der Waals surface area contributed by atoms with Crippen molar-refractivity contribution in [2.24, 2.45) is 0 Å². The minimum atomic E-state index is -0.0620. The third-order valence-electron chi connectivity index (χ3n) is 5.38. The van der Waals surface area contributed by atoms with Crippen LogP contribution in [0, 0.1) is 0 Å². The summed E-state index contributed by atoms with van der Waals surface area (Å²) in [4.78, 5) is 12.5. The van der Waals surface area contributed by atoms with Crippen LogP contribution in [-0.4, -0.2) is 34.6 Å². The van der Waals surface area contributed by atoms with Crippen LogP contribution in [0.5, 0.6) is 5.75 Å². The number of carbonyl (C=O) groups is 1. The second-order valence-electron chi connectivity index (χ2n) is 7.41. The topological polar surface area (TPSA) is 69.0 Å². The van der Waals surface area contributed by atoms with E-state index in [1.807, 2.05) is 47.1 Å². The van der Waals surface area contributed by atoms with Crippen molar-refractivity contribution < 1.29 is 9.53 Å². The number of nitrogens with zero attached hydrogens (tertiary/aromatic N) is 3. The first-order valence-corrected chi connectivity index (χ1v) is 10.2. The molecule has 1 amide bonds. The van der Waals surface area contributed by atoms with E-state index in [9.17, 15) is 4.79 Å². The molecule has 0 fully saturated rings. The first-order chi connectivity index (χ1) is 14.2. The normalized spacial score (nSPS) is 13.9. The fourth-order valence-electron chi connectivity index (χ4n) is 3.70. The highest BCUT2D eigenvalue weighted by molar-refractivity contribution is 5.97. The van der Waals surface area contributed by atoms with Crippen molar-refractivity contribution >= 4 is 16.9 Å². The van der Waals surface area contributed by atoms with Gasteiger partial charge < -0.3 is 10.1 Å². The predicted molar refractivity (Wildman–Crippen MR) is 113 cm³/mol. The van der Waals surface area contributed by atoms with Crippen molar-refractivity contribution in [3.63, 3.8) is 0 Å². The summed E-state index contributed by atoms with van der Waals surface area (Å²) < 4.78 is 7.04. The Morgan fingerprint density at radius 3 is 2.79 bits per heavy atom. The van der Waals surface area contributed by atoms with E-state index in [-0.39, 0.29) is 5.91 Å². The van der Waals surface area contributed by atoms with Crippen LogP contribution in [0.15, 0.2) is 54.1 Å². The van der Waals surface area contributed by atoms with Gasteiger partial charge in [0.2, 0.25) is 0 Å². The molecule has 1 heterocycles. The van der Waals surface area contributed by atoms with Crippen molar-refractivity contribution in [2.75, 3.05) is 13.7 Å². The third kappa shape index (κ3) is 4.65. The number of nitrogens with one attached hydrogen (secondary N) is 1. The molecule has 0 atom stereocenters. The highest BCUT2D eigenvalue weighted by atomic mass is 16.5. The van der Waals surface area contributed by atoms with Gasteiger partial charge in [0.15, 0.2) is 0 Å². The number of hydrogen-bond donors (Lipinski definition) is 1. The van der Waals surface area contributed by atoms with E-state index in [2.05, 4.69) is 21.7 Å². The maximum absolute atomic E-state index is 12.5. The van der Waals surface area contributed by atoms with Crippen LogP contribution in [0.3, 0.4) is 0 Å². The van der Waals surface area contributed by atoms with Gasteiger partial charge in [-0.05, 0) is 68.0 Å². The molecule has 0 saturated heterocycles. The van der Waals surface area contributed by atoms with Crippen molar-refractivity contribution in [1.29, 1.82) is 0 Å². The van der Waals surface area contributed by atoms with Gasteiger partial charge in [-0.25, -0.2) is 4.68 Å². The van der Waals surface area contributed by atoms with Gasteiger partial charge in [-0.2, -0.15) is 0 Å². The van der Waals surface area contributed by atoms with Gasteiger partial charge in [0, 0.05) is 12.1 Å². The maximum Gasteiger partial charge on any atom is 0.251 e. The quantitative estimate of drug-likeness (QED) is 0.617. The number of benzene rings is 2. The van der Waals surface area contributed by atoms with E-state index in [1.165, 1.54) is 31.3 Å². The number of carbonyl (C=O) groups excluding carboxylic acids is 1. The average Bonchev–Trinajstić information content (AvgIpc) is 3.17. The van der Waals surface area contributed by atoms with Gasteiger partial charge >= 0.3 is 0 Å². The Kier molecular flexibility index (Phi) is 5.89. The SMILES string of the molecule is COc1ccc(Cn2nnc3cc(C(=O)NCCC4=CCCCC4)ccc32)cc1. The summed E-state index contributed by atoms with van der Waals surface area (Å²) in [7, 11) is 1.65. The summed E-state index contributed by atoms with van der Waals surface area (Å²) in [6.45, 7) is 1.29. The zero-order chi connectivity index (χ0) is 20.1. The summed E-state index contributed by atoms with van der Waals surface area (Å²) >= 11 is 0. The number of ether oxygens (including phenoxy) is 1. The molecule has 4 rings (SSSR count). The molecule has 1 aliphatic rings. The fourth-order valence-corrected chi connectivity index (χ4v) is 3.70. The fraction of sp³-hybridized carbons (Fsp3) is 0.348. The molecule has 0 bridgehead atoms. The van der Waals surface area contributed by atoms with E-state index < -0.39 is 0 Å². The van der Waals surface area contributed by atoms with E-state index in [4.69, 9.17) is 4.74 Å². The van der Waals surface area contributed by atoms with Gasteiger partial charge in [0.05, 0.1) is 19.2 Å². The second-order valence-corrected chi connectivity index (χ2v) is 7.41. The molecule has 2 aromatic carbocycles. The Bertz CT molecular complexity index is 1020. The number of allylic oxidation sites excluding steroid dienone is 1. The number of rotatable bonds is 7. The number of methoxy groups -OCH3 is 1. The average molecular weight is 390 g/mol. The lowest BCUT2D eigenvalue weighted by Crippen LogP contribution is -2.24. The molecule has 0 radical (unpaired) electrons. The van der Waals surface area contributed by atoms with Crippen LogP contribution >= 0.6 is 0 Å². The molecule has 3 aromatic rings. The molecule has 1 aliphatic carbocycles. The molecule has 0 aliphatic heterocycles. The molecular weight excluding hydrogens is 364 g/mol. The maximum atomic E-state index is 12.5. The summed E-state index contributed by atoms with van der Waals surface area (Å²) in [5.41, 5.74) is 4.82. The summed E-state index contributed by atoms with van der Waals surface area (Å²) in [5.74, 6) is 0.764. The largest absolute Gasteiger partial charge is 0.497 e. The standard InChI is InChI=1S/C23H26N4O2/c1-29-20-10-7-18(8-11-20)16-27-22-12-9-19(15-21(22)25-26-27)23(28)24-14-13-17-5-3-2-4-6-17/h5,7-12,15H,2-4,6,13-14,16H2,1H3,(H,24,28). The minimum Gasteiger partial charge on any atom is -0.497 e. The van der Waals surface area contributed by atoms with Crippen LogP contribution in [0.25, 0.3) is 11.0 Å². The second kappa shape index (κ2) is 8.90. The molecule has 0 saturated carbocycles. The van der Waals surface area contributed by atoms with Gasteiger partial charge in [-0.15, -0.1) is 5.10 Å². The minimum absolute atomic E-state index is 0.0620. The monoisotopic (exact) mass is 390 g/mol. The number of aromatic nitrogens is 3. The smallest absolute Gasteiger partial charge is 0.251 e. The number of hydrogen-bond acceptors (Lipinski definition) is 4. The van der Waals surface area contributed by atoms with E-state index in [1.54, 1.807) is 7.11 Å². The van der Waals surface area contributed by atoms with Gasteiger partial charge in [0.25, 0.3) is 5.91 Å². The first-order valence-electron chi connectivity index (χ1n) is 10.2. The number of fused-ring (bicyclic) bond motifs is 1. The zero-order valence-corrected chi connectivity index (χ0v) is 16.7. The zero-order valence-electron chi connectivity index (χ0n) is 16.7. The van der Waals surface area contributed by atoms with Crippen LogP contribution in [0.2, 0.25) is 0 Å². The number of amides is 1. The van der Waals surface area contributed by atoms with Gasteiger partial charge in [0.1, 0.15) is 11.3 Å². The lowest BCUT2D eigenvalue weighted by Gasteiger charge is -2.13.